The highest BCUT2D eigenvalue weighted by atomic mass is 35.5. The fraction of sp³-hybridized carbons (Fsp3) is 0.389. The molecule has 7 nitrogen and oxygen atoms in total. The lowest BCUT2D eigenvalue weighted by Gasteiger charge is -2.12. The van der Waals surface area contributed by atoms with Crippen molar-refractivity contribution in [2.75, 3.05) is 19.7 Å². The third kappa shape index (κ3) is 7.63. The summed E-state index contributed by atoms with van der Waals surface area (Å²) in [5, 5.41) is 1.99. The lowest BCUT2D eigenvalue weighted by molar-refractivity contribution is -0.137. The second kappa shape index (κ2) is 10.8. The number of amides is 1. The summed E-state index contributed by atoms with van der Waals surface area (Å²) in [6.07, 6.45) is -2.88. The molecule has 166 valence electrons. The third-order valence-corrected chi connectivity index (χ3v) is 5.60. The van der Waals surface area contributed by atoms with Crippen molar-refractivity contribution in [3.05, 3.63) is 52.9 Å². The highest BCUT2D eigenvalue weighted by molar-refractivity contribution is 7.89. The molecule has 0 atom stereocenters. The lowest BCUT2D eigenvalue weighted by Crippen LogP contribution is -2.31. The highest BCUT2D eigenvalue weighted by Gasteiger charge is 2.34. The van der Waals surface area contributed by atoms with Crippen LogP contribution in [-0.2, 0) is 32.3 Å². The van der Waals surface area contributed by atoms with Crippen molar-refractivity contribution in [2.45, 2.75) is 30.5 Å². The Balaban J connectivity index is 1.70. The van der Waals surface area contributed by atoms with Crippen molar-refractivity contribution >= 4 is 27.5 Å². The number of rotatable bonds is 11. The number of furan rings is 1. The molecule has 2 N–H and O–H groups in total. The topological polar surface area (TPSA) is 97.6 Å². The normalized spacial score (nSPS) is 12.1. The maximum atomic E-state index is 12.9. The first-order valence-corrected chi connectivity index (χ1v) is 10.7. The maximum absolute atomic E-state index is 12.9. The van der Waals surface area contributed by atoms with Crippen LogP contribution in [0, 0.1) is 0 Å². The Morgan fingerprint density at radius 3 is 2.63 bits per heavy atom. The van der Waals surface area contributed by atoms with Gasteiger partial charge in [-0.05, 0) is 36.8 Å². The van der Waals surface area contributed by atoms with Gasteiger partial charge in [0, 0.05) is 26.1 Å². The van der Waals surface area contributed by atoms with E-state index in [2.05, 4.69) is 10.0 Å². The molecule has 12 heteroatoms. The number of hydrogen-bond donors (Lipinski definition) is 2. The largest absolute Gasteiger partial charge is 0.467 e. The van der Waals surface area contributed by atoms with E-state index in [-0.39, 0.29) is 13.0 Å². The van der Waals surface area contributed by atoms with Crippen LogP contribution < -0.4 is 10.0 Å². The molecule has 1 aromatic carbocycles. The molecular weight excluding hydrogens is 449 g/mol. The van der Waals surface area contributed by atoms with E-state index >= 15 is 0 Å². The first-order valence-electron chi connectivity index (χ1n) is 8.83. The predicted octanol–water partition coefficient (Wildman–Crippen LogP) is 3.34. The van der Waals surface area contributed by atoms with Gasteiger partial charge < -0.3 is 14.5 Å². The summed E-state index contributed by atoms with van der Waals surface area (Å²) in [7, 11) is -4.23. The second-order valence-electron chi connectivity index (χ2n) is 6.12. The molecule has 0 spiro atoms. The summed E-state index contributed by atoms with van der Waals surface area (Å²) >= 11 is 5.48. The van der Waals surface area contributed by atoms with Gasteiger partial charge in [-0.15, -0.1) is 0 Å². The molecule has 0 fully saturated rings. The number of carbonyl (C=O) groups is 1. The van der Waals surface area contributed by atoms with Crippen LogP contribution in [0.25, 0.3) is 0 Å². The molecule has 1 amide bonds. The van der Waals surface area contributed by atoms with Gasteiger partial charge in [0.25, 0.3) is 0 Å². The van der Waals surface area contributed by atoms with E-state index in [0.29, 0.717) is 38.0 Å². The molecule has 0 aliphatic heterocycles. The SMILES string of the molecule is O=C(CCNS(=O)(=O)c1ccc(Cl)c(C(F)(F)F)c1)NCCCOCc1ccco1. The summed E-state index contributed by atoms with van der Waals surface area (Å²) in [5.41, 5.74) is -1.25. The van der Waals surface area contributed by atoms with Crippen LogP contribution in [0.4, 0.5) is 13.2 Å². The number of ether oxygens (including phenoxy) is 1. The van der Waals surface area contributed by atoms with Crippen molar-refractivity contribution in [2.24, 2.45) is 0 Å². The first-order chi connectivity index (χ1) is 14.1. The second-order valence-corrected chi connectivity index (χ2v) is 8.30. The van der Waals surface area contributed by atoms with Gasteiger partial charge in [0.15, 0.2) is 0 Å². The van der Waals surface area contributed by atoms with Crippen LogP contribution in [-0.4, -0.2) is 34.0 Å². The van der Waals surface area contributed by atoms with Gasteiger partial charge in [-0.3, -0.25) is 4.79 Å². The van der Waals surface area contributed by atoms with E-state index in [4.69, 9.17) is 20.8 Å². The van der Waals surface area contributed by atoms with Gasteiger partial charge in [-0.25, -0.2) is 13.1 Å². The van der Waals surface area contributed by atoms with Crippen molar-refractivity contribution < 1.29 is 35.5 Å². The summed E-state index contributed by atoms with van der Waals surface area (Å²) in [4.78, 5) is 11.2. The summed E-state index contributed by atoms with van der Waals surface area (Å²) in [6.45, 7) is 0.776. The van der Waals surface area contributed by atoms with Crippen LogP contribution in [0.2, 0.25) is 5.02 Å². The molecule has 0 unspecified atom stereocenters. The average Bonchev–Trinajstić information content (AvgIpc) is 3.17. The van der Waals surface area contributed by atoms with E-state index < -0.39 is 37.6 Å². The van der Waals surface area contributed by atoms with Gasteiger partial charge >= 0.3 is 6.18 Å². The van der Waals surface area contributed by atoms with Crippen molar-refractivity contribution in [3.8, 4) is 0 Å². The third-order valence-electron chi connectivity index (χ3n) is 3.81. The Kier molecular flexibility index (Phi) is 8.71. The van der Waals surface area contributed by atoms with Crippen LogP contribution in [0.1, 0.15) is 24.2 Å². The number of alkyl halides is 3. The molecule has 2 rings (SSSR count). The Bertz CT molecular complexity index is 934. The summed E-state index contributed by atoms with van der Waals surface area (Å²) in [5.74, 6) is 0.283. The molecule has 1 heterocycles. The number of hydrogen-bond acceptors (Lipinski definition) is 5. The average molecular weight is 469 g/mol. The Morgan fingerprint density at radius 1 is 1.20 bits per heavy atom. The molecule has 0 aliphatic rings. The summed E-state index contributed by atoms with van der Waals surface area (Å²) < 4.78 is 75.5. The number of benzene rings is 1. The van der Waals surface area contributed by atoms with Crippen molar-refractivity contribution in [1.29, 1.82) is 0 Å². The molecule has 0 bridgehead atoms. The van der Waals surface area contributed by atoms with E-state index in [1.54, 1.807) is 12.1 Å². The van der Waals surface area contributed by atoms with Gasteiger partial charge in [-0.2, -0.15) is 13.2 Å². The minimum Gasteiger partial charge on any atom is -0.467 e. The van der Waals surface area contributed by atoms with Gasteiger partial charge in [0.1, 0.15) is 12.4 Å². The summed E-state index contributed by atoms with van der Waals surface area (Å²) in [6, 6.07) is 5.79. The zero-order valence-electron chi connectivity index (χ0n) is 15.7. The van der Waals surface area contributed by atoms with E-state index in [9.17, 15) is 26.4 Å². The molecule has 30 heavy (non-hydrogen) atoms. The maximum Gasteiger partial charge on any atom is 0.417 e. The number of sulfonamides is 1. The molecule has 2 aromatic rings. The van der Waals surface area contributed by atoms with Gasteiger partial charge in [0.2, 0.25) is 15.9 Å². The lowest BCUT2D eigenvalue weighted by atomic mass is 10.2. The highest BCUT2D eigenvalue weighted by Crippen LogP contribution is 2.35. The predicted molar refractivity (Wildman–Crippen MR) is 102 cm³/mol. The molecule has 0 saturated heterocycles. The Hall–Kier alpha value is -2.08. The fourth-order valence-electron chi connectivity index (χ4n) is 2.33. The van der Waals surface area contributed by atoms with Crippen molar-refractivity contribution in [3.63, 3.8) is 0 Å². The molecule has 0 aliphatic carbocycles. The van der Waals surface area contributed by atoms with E-state index in [1.807, 2.05) is 0 Å². The first kappa shape index (κ1) is 24.2. The van der Waals surface area contributed by atoms with Crippen LogP contribution in [0.5, 0.6) is 0 Å². The zero-order valence-corrected chi connectivity index (χ0v) is 17.2. The quantitative estimate of drug-likeness (QED) is 0.493. The molecule has 0 saturated carbocycles. The number of halogens is 4. The molecular formula is C18H20ClF3N2O5S. The van der Waals surface area contributed by atoms with Crippen LogP contribution in [0.15, 0.2) is 45.9 Å². The molecule has 1 aromatic heterocycles. The molecule has 0 radical (unpaired) electrons. The smallest absolute Gasteiger partial charge is 0.417 e. The minimum atomic E-state index is -4.79. The number of nitrogens with one attached hydrogen (secondary N) is 2. The van der Waals surface area contributed by atoms with Crippen LogP contribution in [0.3, 0.4) is 0 Å². The fourth-order valence-corrected chi connectivity index (χ4v) is 3.61. The zero-order chi connectivity index (χ0) is 22.2. The van der Waals surface area contributed by atoms with E-state index in [0.717, 1.165) is 12.1 Å². The number of carbonyl (C=O) groups excluding carboxylic acids is 1. The monoisotopic (exact) mass is 468 g/mol. The standard InChI is InChI=1S/C18H20ClF3N2O5S/c19-16-5-4-14(11-15(16)18(20,21)22)30(26,27)24-8-6-17(25)23-7-2-9-28-12-13-3-1-10-29-13/h1,3-5,10-11,24H,2,6-9,12H2,(H,23,25). The van der Waals surface area contributed by atoms with Crippen molar-refractivity contribution in [1.82, 2.24) is 10.0 Å². The van der Waals surface area contributed by atoms with E-state index in [1.165, 1.54) is 6.26 Å². The van der Waals surface area contributed by atoms with Crippen LogP contribution >= 0.6 is 11.6 Å². The van der Waals surface area contributed by atoms with Gasteiger partial charge in [0.05, 0.1) is 21.7 Å². The Morgan fingerprint density at radius 2 is 1.97 bits per heavy atom. The Labute approximate surface area is 176 Å². The van der Waals surface area contributed by atoms with Gasteiger partial charge in [-0.1, -0.05) is 11.6 Å². The minimum absolute atomic E-state index is 0.174.